The number of carbonyl (C=O) groups excluding carboxylic acids is 1. The summed E-state index contributed by atoms with van der Waals surface area (Å²) in [5.41, 5.74) is -0.598. The van der Waals surface area contributed by atoms with Crippen molar-refractivity contribution in [3.8, 4) is 11.1 Å². The van der Waals surface area contributed by atoms with Gasteiger partial charge in [-0.25, -0.2) is 22.4 Å². The van der Waals surface area contributed by atoms with Crippen molar-refractivity contribution in [1.29, 1.82) is 0 Å². The van der Waals surface area contributed by atoms with Crippen LogP contribution in [0.4, 0.5) is 9.18 Å². The number of halogens is 1. The second kappa shape index (κ2) is 9.87. The molecule has 1 heterocycles. The average Bonchev–Trinajstić information content (AvgIpc) is 2.82. The van der Waals surface area contributed by atoms with Crippen molar-refractivity contribution in [3.05, 3.63) is 54.3 Å². The Balaban J connectivity index is 1.88. The molecule has 0 spiro atoms. The summed E-state index contributed by atoms with van der Waals surface area (Å²) in [6.45, 7) is 3.43. The summed E-state index contributed by atoms with van der Waals surface area (Å²) < 4.78 is 40.5. The number of benzene rings is 2. The average molecular weight is 512 g/mol. The first kappa shape index (κ1) is 26.5. The number of rotatable bonds is 6. The summed E-state index contributed by atoms with van der Waals surface area (Å²) in [4.78, 5) is 34.9. The zero-order valence-corrected chi connectivity index (χ0v) is 20.1. The number of carbonyl (C=O) groups is 2. The van der Waals surface area contributed by atoms with E-state index < -0.39 is 52.3 Å². The Morgan fingerprint density at radius 3 is 2.06 bits per heavy atom. The first-order valence-electron chi connectivity index (χ1n) is 10.5. The van der Waals surface area contributed by atoms with E-state index in [-0.39, 0.29) is 11.4 Å². The van der Waals surface area contributed by atoms with E-state index >= 15 is 0 Å². The third-order valence-corrected chi connectivity index (χ3v) is 7.14. The fourth-order valence-electron chi connectivity index (χ4n) is 3.43. The topological polar surface area (TPSA) is 146 Å². The first-order chi connectivity index (χ1) is 16.3. The van der Waals surface area contributed by atoms with Gasteiger partial charge in [0.2, 0.25) is 15.7 Å². The number of hydrogen-bond donors (Lipinski definition) is 3. The van der Waals surface area contributed by atoms with Crippen molar-refractivity contribution in [1.82, 2.24) is 14.7 Å². The van der Waals surface area contributed by atoms with Crippen LogP contribution in [0.5, 0.6) is 0 Å². The van der Waals surface area contributed by atoms with Gasteiger partial charge in [-0.1, -0.05) is 24.3 Å². The molecule has 190 valence electrons. The predicted molar refractivity (Wildman–Crippen MR) is 120 cm³/mol. The summed E-state index contributed by atoms with van der Waals surface area (Å²) in [7, 11) is -4.46. The minimum absolute atomic E-state index is 0.226. The van der Waals surface area contributed by atoms with E-state index in [4.69, 9.17) is 9.78 Å². The number of hydroxylamine groups is 1. The van der Waals surface area contributed by atoms with Gasteiger partial charge in [0.25, 0.3) is 0 Å². The highest BCUT2D eigenvalue weighted by Gasteiger charge is 2.55. The molecule has 13 heteroatoms. The van der Waals surface area contributed by atoms with E-state index in [1.54, 1.807) is 26.3 Å². The highest BCUT2D eigenvalue weighted by molar-refractivity contribution is 7.89. The van der Waals surface area contributed by atoms with E-state index in [0.717, 1.165) is 4.90 Å². The normalized spacial score (nSPS) is 19.4. The Hall–Kier alpha value is -3.10. The molecule has 0 aromatic heterocycles. The minimum atomic E-state index is -4.46. The van der Waals surface area contributed by atoms with E-state index in [2.05, 4.69) is 0 Å². The zero-order valence-electron chi connectivity index (χ0n) is 19.3. The van der Waals surface area contributed by atoms with Crippen LogP contribution in [-0.2, 0) is 24.6 Å². The number of nitrogens with zero attached hydrogens (tertiary/aromatic N) is 2. The van der Waals surface area contributed by atoms with Crippen LogP contribution in [0.15, 0.2) is 53.4 Å². The smallest absolute Gasteiger partial charge is 0.441 e. The Bertz CT molecular complexity index is 1180. The fourth-order valence-corrected chi connectivity index (χ4v) is 5.08. The number of sulfonamides is 1. The number of carboxylic acids is 1. The number of hydrogen-bond acceptors (Lipinski definition) is 8. The summed E-state index contributed by atoms with van der Waals surface area (Å²) in [5, 5.41) is 19.7. The van der Waals surface area contributed by atoms with Crippen LogP contribution in [0, 0.1) is 5.82 Å². The molecule has 0 unspecified atom stereocenters. The molecule has 35 heavy (non-hydrogen) atoms. The molecule has 1 fully saturated rings. The maximum absolute atomic E-state index is 13.4. The van der Waals surface area contributed by atoms with Crippen LogP contribution in [0.25, 0.3) is 11.1 Å². The van der Waals surface area contributed by atoms with Crippen LogP contribution in [0.1, 0.15) is 20.8 Å². The molecule has 11 nitrogen and oxygen atoms in total. The second-order valence-electron chi connectivity index (χ2n) is 8.85. The summed E-state index contributed by atoms with van der Waals surface area (Å²) in [5.74, 6) is -2.15. The number of amides is 1. The zero-order chi connectivity index (χ0) is 26.0. The van der Waals surface area contributed by atoms with Crippen LogP contribution in [0.3, 0.4) is 0 Å². The van der Waals surface area contributed by atoms with Gasteiger partial charge >= 0.3 is 12.1 Å². The molecule has 3 rings (SSSR count). The molecule has 1 amide bonds. The lowest BCUT2D eigenvalue weighted by molar-refractivity contribution is -0.306. The quantitative estimate of drug-likeness (QED) is 0.393. The van der Waals surface area contributed by atoms with Crippen molar-refractivity contribution in [2.75, 3.05) is 19.6 Å². The van der Waals surface area contributed by atoms with E-state index in [1.165, 1.54) is 48.5 Å². The predicted octanol–water partition coefficient (Wildman–Crippen LogP) is 2.43. The molecule has 0 aliphatic carbocycles. The lowest BCUT2D eigenvalue weighted by atomic mass is 10.1. The van der Waals surface area contributed by atoms with Crippen LogP contribution >= 0.6 is 0 Å². The SMILES string of the molecule is CC(C)(C)OOC(=O)N1CCN(S(=O)(=O)c2ccc(-c3ccc(F)cc3)cc2)[C@@](NO)(C(=O)O)C1. The monoisotopic (exact) mass is 511 g/mol. The summed E-state index contributed by atoms with van der Waals surface area (Å²) >= 11 is 0. The molecule has 2 aromatic rings. The number of nitrogens with one attached hydrogen (secondary N) is 1. The van der Waals surface area contributed by atoms with Gasteiger partial charge in [0.05, 0.1) is 11.4 Å². The van der Waals surface area contributed by atoms with Gasteiger partial charge in [-0.2, -0.15) is 14.7 Å². The Morgan fingerprint density at radius 2 is 1.57 bits per heavy atom. The van der Waals surface area contributed by atoms with E-state index in [0.29, 0.717) is 15.4 Å². The lowest BCUT2D eigenvalue weighted by Crippen LogP contribution is -2.73. The molecule has 2 aromatic carbocycles. The van der Waals surface area contributed by atoms with Gasteiger partial charge in [-0.3, -0.25) is 4.89 Å². The number of piperazine rings is 1. The van der Waals surface area contributed by atoms with Gasteiger partial charge in [0.1, 0.15) is 11.4 Å². The molecule has 0 bridgehead atoms. The number of aliphatic carboxylic acids is 1. The molecule has 1 aliphatic rings. The second-order valence-corrected chi connectivity index (χ2v) is 10.7. The lowest BCUT2D eigenvalue weighted by Gasteiger charge is -2.45. The van der Waals surface area contributed by atoms with Crippen molar-refractivity contribution in [2.45, 2.75) is 36.9 Å². The maximum Gasteiger partial charge on any atom is 0.441 e. The van der Waals surface area contributed by atoms with Crippen LogP contribution in [0.2, 0.25) is 0 Å². The molecular weight excluding hydrogens is 485 g/mol. The summed E-state index contributed by atoms with van der Waals surface area (Å²) in [6.07, 6.45) is -1.04. The van der Waals surface area contributed by atoms with Crippen molar-refractivity contribution >= 4 is 22.1 Å². The minimum Gasteiger partial charge on any atom is -0.479 e. The van der Waals surface area contributed by atoms with E-state index in [1.807, 2.05) is 0 Å². The standard InChI is InChI=1S/C22H26FN3O8S/c1-21(2,3)34-33-20(29)25-12-13-26(22(14-25,24-30)19(27)28)35(31,32)18-10-6-16(7-11-18)15-4-8-17(23)9-5-15/h4-11,24,30H,12-14H2,1-3H3,(H,27,28)/t22-/m1/s1. The Labute approximate surface area is 201 Å². The molecule has 1 atom stereocenters. The molecule has 3 N–H and O–H groups in total. The van der Waals surface area contributed by atoms with Gasteiger partial charge in [-0.05, 0) is 56.2 Å². The first-order valence-corrected chi connectivity index (χ1v) is 11.9. The van der Waals surface area contributed by atoms with Gasteiger partial charge in [0.15, 0.2) is 0 Å². The van der Waals surface area contributed by atoms with Gasteiger partial charge in [-0.15, -0.1) is 0 Å². The van der Waals surface area contributed by atoms with Gasteiger partial charge in [0, 0.05) is 13.1 Å². The van der Waals surface area contributed by atoms with Crippen LogP contribution < -0.4 is 5.48 Å². The largest absolute Gasteiger partial charge is 0.479 e. The molecular formula is C22H26FN3O8S. The molecule has 0 saturated carbocycles. The molecule has 1 saturated heterocycles. The van der Waals surface area contributed by atoms with Crippen molar-refractivity contribution in [3.63, 3.8) is 0 Å². The summed E-state index contributed by atoms with van der Waals surface area (Å²) in [6, 6.07) is 11.1. The highest BCUT2D eigenvalue weighted by atomic mass is 32.2. The third-order valence-electron chi connectivity index (χ3n) is 5.20. The Kier molecular flexibility index (Phi) is 7.48. The maximum atomic E-state index is 13.4. The Morgan fingerprint density at radius 1 is 1.03 bits per heavy atom. The van der Waals surface area contributed by atoms with Crippen LogP contribution in [-0.4, -0.2) is 70.9 Å². The third kappa shape index (κ3) is 5.60. The molecule has 1 aliphatic heterocycles. The molecule has 0 radical (unpaired) electrons. The highest BCUT2D eigenvalue weighted by Crippen LogP contribution is 2.30. The fraction of sp³-hybridized carbons (Fsp3) is 0.364. The number of carboxylic acid groups (broad SMARTS) is 1. The van der Waals surface area contributed by atoms with Crippen molar-refractivity contribution in [2.24, 2.45) is 0 Å². The van der Waals surface area contributed by atoms with E-state index in [9.17, 15) is 32.7 Å². The van der Waals surface area contributed by atoms with Gasteiger partial charge < -0.3 is 15.2 Å². The van der Waals surface area contributed by atoms with Crippen molar-refractivity contribution < 1.29 is 42.5 Å².